The van der Waals surface area contributed by atoms with Crippen LogP contribution < -0.4 is 0 Å². The first-order valence-electron chi connectivity index (χ1n) is 5.70. The fourth-order valence-electron chi connectivity index (χ4n) is 2.43. The Bertz CT molecular complexity index is 608. The predicted octanol–water partition coefficient (Wildman–Crippen LogP) is 4.96. The molecule has 3 rings (SSSR count). The van der Waals surface area contributed by atoms with Crippen molar-refractivity contribution in [3.63, 3.8) is 0 Å². The van der Waals surface area contributed by atoms with Crippen LogP contribution in [-0.4, -0.2) is 18.9 Å². The van der Waals surface area contributed by atoms with Gasteiger partial charge in [-0.05, 0) is 37.1 Å². The molecule has 1 radical (unpaired) electrons. The number of hydrogen-bond acceptors (Lipinski definition) is 1. The third-order valence-corrected chi connectivity index (χ3v) is 4.53. The SMILES string of the molecule is CC1=Cc2c(sc(C)c2-c2ccc(Cl)cc2)C1.[Li]. The summed E-state index contributed by atoms with van der Waals surface area (Å²) in [5, 5.41) is 0.796. The number of rotatable bonds is 1. The van der Waals surface area contributed by atoms with E-state index in [-0.39, 0.29) is 18.9 Å². The van der Waals surface area contributed by atoms with Gasteiger partial charge in [0.2, 0.25) is 0 Å². The molecule has 1 aliphatic rings. The summed E-state index contributed by atoms with van der Waals surface area (Å²) in [7, 11) is 0. The van der Waals surface area contributed by atoms with Crippen LogP contribution >= 0.6 is 22.9 Å². The van der Waals surface area contributed by atoms with E-state index in [1.54, 1.807) is 0 Å². The van der Waals surface area contributed by atoms with Crippen molar-refractivity contribution in [2.24, 2.45) is 0 Å². The van der Waals surface area contributed by atoms with Gasteiger partial charge in [-0.2, -0.15) is 0 Å². The third kappa shape index (κ3) is 2.33. The minimum atomic E-state index is 0. The molecule has 1 aliphatic carbocycles. The number of fused-ring (bicyclic) bond motifs is 1. The fourth-order valence-corrected chi connectivity index (χ4v) is 3.83. The molecule has 1 aromatic heterocycles. The topological polar surface area (TPSA) is 0 Å². The maximum absolute atomic E-state index is 5.94. The maximum atomic E-state index is 5.94. The molecule has 87 valence electrons. The maximum Gasteiger partial charge on any atom is 0.0406 e. The number of hydrogen-bond donors (Lipinski definition) is 0. The molecule has 0 aliphatic heterocycles. The fraction of sp³-hybridized carbons (Fsp3) is 0.200. The first kappa shape index (κ1) is 14.0. The molecular weight excluding hydrogens is 255 g/mol. The molecule has 0 nitrogen and oxygen atoms in total. The Morgan fingerprint density at radius 1 is 1.11 bits per heavy atom. The second-order valence-electron chi connectivity index (χ2n) is 4.54. The van der Waals surface area contributed by atoms with Crippen LogP contribution in [0.15, 0.2) is 29.8 Å². The summed E-state index contributed by atoms with van der Waals surface area (Å²) < 4.78 is 0. The van der Waals surface area contributed by atoms with Crippen LogP contribution in [0.25, 0.3) is 17.2 Å². The summed E-state index contributed by atoms with van der Waals surface area (Å²) in [4.78, 5) is 2.91. The second kappa shape index (κ2) is 5.27. The zero-order chi connectivity index (χ0) is 12.0. The van der Waals surface area contributed by atoms with Gasteiger partial charge in [0.15, 0.2) is 0 Å². The largest absolute Gasteiger partial charge is 0.144 e. The van der Waals surface area contributed by atoms with Crippen molar-refractivity contribution >= 4 is 47.9 Å². The quantitative estimate of drug-likeness (QED) is 0.641. The minimum Gasteiger partial charge on any atom is -0.144 e. The number of benzene rings is 1. The van der Waals surface area contributed by atoms with E-state index in [4.69, 9.17) is 11.6 Å². The van der Waals surface area contributed by atoms with Crippen LogP contribution in [0.4, 0.5) is 0 Å². The summed E-state index contributed by atoms with van der Waals surface area (Å²) in [6.45, 7) is 4.41. The first-order valence-corrected chi connectivity index (χ1v) is 6.90. The van der Waals surface area contributed by atoms with E-state index in [0.717, 1.165) is 11.4 Å². The van der Waals surface area contributed by atoms with E-state index in [1.807, 2.05) is 23.5 Å². The summed E-state index contributed by atoms with van der Waals surface area (Å²) in [6.07, 6.45) is 3.44. The predicted molar refractivity (Wildman–Crippen MR) is 82.6 cm³/mol. The molecule has 3 heteroatoms. The van der Waals surface area contributed by atoms with E-state index in [0.29, 0.717) is 0 Å². The Morgan fingerprint density at radius 3 is 2.44 bits per heavy atom. The van der Waals surface area contributed by atoms with Crippen LogP contribution in [0.5, 0.6) is 0 Å². The van der Waals surface area contributed by atoms with Gasteiger partial charge in [-0.25, -0.2) is 0 Å². The van der Waals surface area contributed by atoms with Crippen LogP contribution in [0.2, 0.25) is 5.02 Å². The van der Waals surface area contributed by atoms with Gasteiger partial charge in [0.25, 0.3) is 0 Å². The zero-order valence-electron chi connectivity index (χ0n) is 10.9. The van der Waals surface area contributed by atoms with Crippen LogP contribution in [0.1, 0.15) is 22.2 Å². The van der Waals surface area contributed by atoms with Gasteiger partial charge in [0.1, 0.15) is 0 Å². The van der Waals surface area contributed by atoms with Gasteiger partial charge < -0.3 is 0 Å². The van der Waals surface area contributed by atoms with Gasteiger partial charge in [-0.1, -0.05) is 35.4 Å². The first-order chi connectivity index (χ1) is 8.15. The molecule has 0 fully saturated rings. The van der Waals surface area contributed by atoms with E-state index < -0.39 is 0 Å². The average Bonchev–Trinajstić information content (AvgIpc) is 2.75. The van der Waals surface area contributed by atoms with Crippen molar-refractivity contribution in [1.82, 2.24) is 0 Å². The van der Waals surface area contributed by atoms with Crippen molar-refractivity contribution < 1.29 is 0 Å². The summed E-state index contributed by atoms with van der Waals surface area (Å²) in [6, 6.07) is 8.15. The van der Waals surface area contributed by atoms with E-state index >= 15 is 0 Å². The molecule has 0 spiro atoms. The van der Waals surface area contributed by atoms with Gasteiger partial charge in [0.05, 0.1) is 0 Å². The summed E-state index contributed by atoms with van der Waals surface area (Å²) in [5.41, 5.74) is 5.54. The Morgan fingerprint density at radius 2 is 1.78 bits per heavy atom. The van der Waals surface area contributed by atoms with Crippen LogP contribution in [-0.2, 0) is 6.42 Å². The van der Waals surface area contributed by atoms with Gasteiger partial charge in [-0.15, -0.1) is 11.3 Å². The van der Waals surface area contributed by atoms with Crippen LogP contribution in [0.3, 0.4) is 0 Å². The molecule has 1 heterocycles. The molecule has 0 bridgehead atoms. The molecular formula is C15H13ClLiS. The molecule has 18 heavy (non-hydrogen) atoms. The zero-order valence-corrected chi connectivity index (χ0v) is 12.5. The van der Waals surface area contributed by atoms with Gasteiger partial charge >= 0.3 is 0 Å². The molecule has 2 aromatic rings. The summed E-state index contributed by atoms with van der Waals surface area (Å²) in [5.74, 6) is 0. The summed E-state index contributed by atoms with van der Waals surface area (Å²) >= 11 is 7.87. The third-order valence-electron chi connectivity index (χ3n) is 3.16. The number of halogens is 1. The van der Waals surface area contributed by atoms with E-state index in [1.165, 1.54) is 32.0 Å². The van der Waals surface area contributed by atoms with Crippen molar-refractivity contribution in [1.29, 1.82) is 0 Å². The van der Waals surface area contributed by atoms with Gasteiger partial charge in [0, 0.05) is 45.6 Å². The molecule has 1 aromatic carbocycles. The van der Waals surface area contributed by atoms with Crippen molar-refractivity contribution in [2.75, 3.05) is 0 Å². The average molecular weight is 268 g/mol. The Kier molecular flexibility index (Phi) is 4.09. The minimum absolute atomic E-state index is 0. The van der Waals surface area contributed by atoms with Gasteiger partial charge in [-0.3, -0.25) is 0 Å². The Labute approximate surface area is 129 Å². The van der Waals surface area contributed by atoms with E-state index in [9.17, 15) is 0 Å². The molecule has 0 saturated carbocycles. The number of aryl methyl sites for hydroxylation is 1. The standard InChI is InChI=1S/C15H13ClS.Li/c1-9-7-13-14(8-9)17-10(2)15(13)11-3-5-12(16)6-4-11;/h3-7H,8H2,1-2H3;. The Balaban J connectivity index is 0.00000120. The molecule has 0 N–H and O–H groups in total. The molecule has 0 unspecified atom stereocenters. The number of allylic oxidation sites excluding steroid dienone is 1. The Hall–Kier alpha value is -0.453. The van der Waals surface area contributed by atoms with E-state index in [2.05, 4.69) is 32.1 Å². The second-order valence-corrected chi connectivity index (χ2v) is 6.29. The van der Waals surface area contributed by atoms with Crippen molar-refractivity contribution in [3.8, 4) is 11.1 Å². The van der Waals surface area contributed by atoms with Crippen molar-refractivity contribution in [3.05, 3.63) is 50.2 Å². The monoisotopic (exact) mass is 267 g/mol. The number of thiophene rings is 1. The van der Waals surface area contributed by atoms with Crippen molar-refractivity contribution in [2.45, 2.75) is 20.3 Å². The van der Waals surface area contributed by atoms with Crippen LogP contribution in [0, 0.1) is 6.92 Å². The molecule has 0 amide bonds. The molecule has 0 atom stereocenters. The smallest absolute Gasteiger partial charge is 0.0406 e. The normalized spacial score (nSPS) is 12.9. The molecule has 0 saturated heterocycles.